The van der Waals surface area contributed by atoms with E-state index in [9.17, 15) is 22.8 Å². The highest BCUT2D eigenvalue weighted by molar-refractivity contribution is 5.80. The number of aliphatic hydroxyl groups is 1. The summed E-state index contributed by atoms with van der Waals surface area (Å²) in [6.07, 6.45) is -7.29. The van der Waals surface area contributed by atoms with Crippen molar-refractivity contribution in [3.8, 4) is 0 Å². The molecule has 1 amide bonds. The van der Waals surface area contributed by atoms with E-state index in [-0.39, 0.29) is 13.0 Å². The zero-order valence-electron chi connectivity index (χ0n) is 9.16. The number of hydrogen-bond donors (Lipinski definition) is 4. The Morgan fingerprint density at radius 3 is 1.74 bits per heavy atom. The van der Waals surface area contributed by atoms with Gasteiger partial charge in [0.1, 0.15) is 0 Å². The van der Waals surface area contributed by atoms with Gasteiger partial charge < -0.3 is 20.4 Å². The first-order valence-corrected chi connectivity index (χ1v) is 4.69. The number of rotatable bonds is 1. The first-order valence-electron chi connectivity index (χ1n) is 4.69. The molecular formula is C8H10F3NO7. The third-order valence-electron chi connectivity index (χ3n) is 2.11. The number of hydrogen-bond acceptors (Lipinski definition) is 4. The Hall–Kier alpha value is -2.04. The average molecular weight is 289 g/mol. The zero-order valence-corrected chi connectivity index (χ0v) is 9.16. The molecule has 0 radical (unpaired) electrons. The fraction of sp³-hybridized carbons (Fsp3) is 0.625. The van der Waals surface area contributed by atoms with E-state index in [1.807, 2.05) is 0 Å². The summed E-state index contributed by atoms with van der Waals surface area (Å²) in [7, 11) is 0. The summed E-state index contributed by atoms with van der Waals surface area (Å²) in [5.74, 6) is -4.06. The molecule has 0 aliphatic carbocycles. The van der Waals surface area contributed by atoms with Crippen molar-refractivity contribution in [1.82, 2.24) is 4.90 Å². The summed E-state index contributed by atoms with van der Waals surface area (Å²) in [6, 6.07) is -1.30. The summed E-state index contributed by atoms with van der Waals surface area (Å²) in [4.78, 5) is 30.5. The monoisotopic (exact) mass is 289 g/mol. The summed E-state index contributed by atoms with van der Waals surface area (Å²) >= 11 is 0. The molecule has 1 heterocycles. The Balaban J connectivity index is 0.000000399. The predicted octanol–water partition coefficient (Wildman–Crippen LogP) is -0.182. The Labute approximate surface area is 103 Å². The van der Waals surface area contributed by atoms with Crippen LogP contribution in [-0.2, 0) is 9.59 Å². The average Bonchev–Trinajstić information content (AvgIpc) is 2.59. The Morgan fingerprint density at radius 2 is 1.53 bits per heavy atom. The van der Waals surface area contributed by atoms with Crippen molar-refractivity contribution >= 4 is 18.0 Å². The number of carboxylic acids is 2. The van der Waals surface area contributed by atoms with Crippen molar-refractivity contribution in [3.05, 3.63) is 0 Å². The van der Waals surface area contributed by atoms with Gasteiger partial charge in [0.15, 0.2) is 6.04 Å². The molecule has 0 saturated carbocycles. The second-order valence-electron chi connectivity index (χ2n) is 3.42. The molecule has 19 heavy (non-hydrogen) atoms. The molecule has 1 fully saturated rings. The smallest absolute Gasteiger partial charge is 0.480 e. The van der Waals surface area contributed by atoms with Gasteiger partial charge in [0.2, 0.25) is 0 Å². The van der Waals surface area contributed by atoms with Gasteiger partial charge in [0, 0.05) is 6.54 Å². The van der Waals surface area contributed by atoms with Crippen LogP contribution in [-0.4, -0.2) is 68.2 Å². The molecule has 0 aromatic heterocycles. The second kappa shape index (κ2) is 6.22. The second-order valence-corrected chi connectivity index (χ2v) is 3.42. The van der Waals surface area contributed by atoms with Gasteiger partial charge in [0.05, 0.1) is 6.10 Å². The highest BCUT2D eigenvalue weighted by atomic mass is 19.4. The van der Waals surface area contributed by atoms with E-state index in [1.54, 1.807) is 0 Å². The van der Waals surface area contributed by atoms with Crippen LogP contribution in [0.4, 0.5) is 18.0 Å². The molecule has 8 nitrogen and oxygen atoms in total. The first kappa shape index (κ1) is 17.0. The summed E-state index contributed by atoms with van der Waals surface area (Å²) in [6.45, 7) is 0.0769. The van der Waals surface area contributed by atoms with Crippen molar-refractivity contribution in [2.24, 2.45) is 0 Å². The van der Waals surface area contributed by atoms with Crippen molar-refractivity contribution in [2.45, 2.75) is 24.7 Å². The molecule has 0 aromatic rings. The number of halogens is 3. The summed E-state index contributed by atoms with van der Waals surface area (Å²) < 4.78 is 31.7. The molecule has 11 heteroatoms. The number of carbonyl (C=O) groups is 3. The molecule has 2 atom stereocenters. The summed E-state index contributed by atoms with van der Waals surface area (Å²) in [5, 5.41) is 33.3. The fourth-order valence-electron chi connectivity index (χ4n) is 1.29. The van der Waals surface area contributed by atoms with Crippen LogP contribution >= 0.6 is 0 Å². The Bertz CT molecular complexity index is 370. The largest absolute Gasteiger partial charge is 0.490 e. The molecule has 0 bridgehead atoms. The lowest BCUT2D eigenvalue weighted by Crippen LogP contribution is -2.44. The Morgan fingerprint density at radius 1 is 1.11 bits per heavy atom. The lowest BCUT2D eigenvalue weighted by molar-refractivity contribution is -0.192. The molecule has 1 rings (SSSR count). The van der Waals surface area contributed by atoms with Crippen LogP contribution < -0.4 is 0 Å². The van der Waals surface area contributed by atoms with E-state index in [1.165, 1.54) is 0 Å². The van der Waals surface area contributed by atoms with E-state index < -0.39 is 36.4 Å². The maximum atomic E-state index is 10.6. The van der Waals surface area contributed by atoms with Gasteiger partial charge in [-0.15, -0.1) is 0 Å². The normalized spacial score (nSPS) is 22.4. The van der Waals surface area contributed by atoms with Gasteiger partial charge in [-0.3, -0.25) is 4.90 Å². The standard InChI is InChI=1S/C6H9NO5.C2HF3O2/c8-3-1-2-7(6(11)12)4(3)5(9)10;3-2(4,5)1(6)7/h3-4,8H,1-2H2,(H,9,10)(H,11,12);(H,6,7)/t3-,4-;/m0./s1. The van der Waals surface area contributed by atoms with Crippen LogP contribution in [0.3, 0.4) is 0 Å². The lowest BCUT2D eigenvalue weighted by atomic mass is 10.2. The van der Waals surface area contributed by atoms with Crippen molar-refractivity contribution in [1.29, 1.82) is 0 Å². The highest BCUT2D eigenvalue weighted by Crippen LogP contribution is 2.17. The van der Waals surface area contributed by atoms with Crippen molar-refractivity contribution in [3.63, 3.8) is 0 Å². The number of nitrogens with zero attached hydrogens (tertiary/aromatic N) is 1. The predicted molar refractivity (Wildman–Crippen MR) is 50.5 cm³/mol. The maximum Gasteiger partial charge on any atom is 0.490 e. The third-order valence-corrected chi connectivity index (χ3v) is 2.11. The molecule has 0 unspecified atom stereocenters. The molecule has 1 aliphatic rings. The Kier molecular flexibility index (Phi) is 5.55. The van der Waals surface area contributed by atoms with Crippen LogP contribution in [0.5, 0.6) is 0 Å². The number of aliphatic hydroxyl groups excluding tert-OH is 1. The number of likely N-dealkylation sites (tertiary alicyclic amines) is 1. The molecule has 1 saturated heterocycles. The number of carboxylic acid groups (broad SMARTS) is 3. The SMILES string of the molecule is O=C(O)C(F)(F)F.O=C(O)[C@@H]1[C@@H](O)CCN1C(=O)O. The quantitative estimate of drug-likeness (QED) is 0.525. The molecule has 4 N–H and O–H groups in total. The number of amides is 1. The van der Waals surface area contributed by atoms with Gasteiger partial charge >= 0.3 is 24.2 Å². The summed E-state index contributed by atoms with van der Waals surface area (Å²) in [5.41, 5.74) is 0. The molecular weight excluding hydrogens is 279 g/mol. The maximum absolute atomic E-state index is 10.6. The van der Waals surface area contributed by atoms with Crippen molar-refractivity contribution < 1.29 is 48.0 Å². The minimum absolute atomic E-state index is 0.0769. The molecule has 110 valence electrons. The van der Waals surface area contributed by atoms with Crippen LogP contribution in [0, 0.1) is 0 Å². The van der Waals surface area contributed by atoms with Crippen molar-refractivity contribution in [2.75, 3.05) is 6.54 Å². The van der Waals surface area contributed by atoms with Crippen LogP contribution in [0.1, 0.15) is 6.42 Å². The van der Waals surface area contributed by atoms with E-state index in [2.05, 4.69) is 0 Å². The zero-order chi connectivity index (χ0) is 15.4. The van der Waals surface area contributed by atoms with Crippen LogP contribution in [0.15, 0.2) is 0 Å². The van der Waals surface area contributed by atoms with E-state index in [0.717, 1.165) is 4.90 Å². The van der Waals surface area contributed by atoms with E-state index in [4.69, 9.17) is 25.2 Å². The van der Waals surface area contributed by atoms with Crippen LogP contribution in [0.25, 0.3) is 0 Å². The van der Waals surface area contributed by atoms with E-state index in [0.29, 0.717) is 0 Å². The van der Waals surface area contributed by atoms with Gasteiger partial charge in [-0.1, -0.05) is 0 Å². The topological polar surface area (TPSA) is 135 Å². The minimum Gasteiger partial charge on any atom is -0.480 e. The van der Waals surface area contributed by atoms with Gasteiger partial charge in [-0.2, -0.15) is 13.2 Å². The molecule has 1 aliphatic heterocycles. The number of alkyl halides is 3. The van der Waals surface area contributed by atoms with Crippen LogP contribution in [0.2, 0.25) is 0 Å². The van der Waals surface area contributed by atoms with E-state index >= 15 is 0 Å². The van der Waals surface area contributed by atoms with Gasteiger partial charge in [-0.25, -0.2) is 14.4 Å². The third kappa shape index (κ3) is 4.99. The van der Waals surface area contributed by atoms with Gasteiger partial charge in [0.25, 0.3) is 0 Å². The fourth-order valence-corrected chi connectivity index (χ4v) is 1.29. The number of aliphatic carboxylic acids is 2. The van der Waals surface area contributed by atoms with Gasteiger partial charge in [-0.05, 0) is 6.42 Å². The molecule has 0 aromatic carbocycles. The highest BCUT2D eigenvalue weighted by Gasteiger charge is 2.41. The molecule has 0 spiro atoms. The lowest BCUT2D eigenvalue weighted by Gasteiger charge is -2.18. The minimum atomic E-state index is -5.08. The first-order chi connectivity index (χ1) is 8.48.